The van der Waals surface area contributed by atoms with Crippen LogP contribution in [0.3, 0.4) is 0 Å². The van der Waals surface area contributed by atoms with Gasteiger partial charge in [0.05, 0.1) is 0 Å². The largest absolute Gasteiger partial charge is 0.366 e. The van der Waals surface area contributed by atoms with Gasteiger partial charge in [0.15, 0.2) is 0 Å². The molecule has 0 saturated carbocycles. The summed E-state index contributed by atoms with van der Waals surface area (Å²) >= 11 is 3.35. The van der Waals surface area contributed by atoms with Gasteiger partial charge in [-0.15, -0.1) is 0 Å². The van der Waals surface area contributed by atoms with E-state index in [0.29, 0.717) is 0 Å². The van der Waals surface area contributed by atoms with Crippen LogP contribution in [0.15, 0.2) is 22.8 Å². The van der Waals surface area contributed by atoms with Crippen LogP contribution in [0.1, 0.15) is 19.7 Å². The zero-order valence-corrected chi connectivity index (χ0v) is 10.1. The van der Waals surface area contributed by atoms with Gasteiger partial charge < -0.3 is 5.32 Å². The summed E-state index contributed by atoms with van der Waals surface area (Å²) in [6, 6.07) is 1.86. The Morgan fingerprint density at radius 1 is 1.57 bits per heavy atom. The van der Waals surface area contributed by atoms with Gasteiger partial charge in [0.25, 0.3) is 0 Å². The second kappa shape index (κ2) is 5.10. The molecule has 4 heteroatoms. The summed E-state index contributed by atoms with van der Waals surface area (Å²) in [5.74, 6) is 1.68. The Kier molecular flexibility index (Phi) is 4.07. The second-order valence-electron chi connectivity index (χ2n) is 3.16. The Balaban J connectivity index is 2.76. The molecule has 0 saturated heterocycles. The highest BCUT2D eigenvalue weighted by molar-refractivity contribution is 9.10. The van der Waals surface area contributed by atoms with Crippen LogP contribution in [0.5, 0.6) is 0 Å². The van der Waals surface area contributed by atoms with Gasteiger partial charge in [-0.2, -0.15) is 0 Å². The normalized spacial score (nSPS) is 9.93. The molecule has 0 aliphatic carbocycles. The molecule has 14 heavy (non-hydrogen) atoms. The van der Waals surface area contributed by atoms with Crippen molar-refractivity contribution in [3.8, 4) is 0 Å². The van der Waals surface area contributed by atoms with Gasteiger partial charge in [-0.25, -0.2) is 9.97 Å². The van der Waals surface area contributed by atoms with Crippen LogP contribution in [-0.4, -0.2) is 16.5 Å². The molecule has 0 spiro atoms. The van der Waals surface area contributed by atoms with Gasteiger partial charge in [0.1, 0.15) is 16.2 Å². The average Bonchev–Trinajstić information content (AvgIpc) is 2.14. The molecule has 1 aromatic heterocycles. The molecular weight excluding hydrogens is 242 g/mol. The molecule has 0 bridgehead atoms. The summed E-state index contributed by atoms with van der Waals surface area (Å²) in [6.07, 6.45) is 0.835. The molecule has 0 unspecified atom stereocenters. The SMILES string of the molecule is C=C(C)CNc1cc(Br)nc(CC)n1. The lowest BCUT2D eigenvalue weighted by Gasteiger charge is -2.06. The van der Waals surface area contributed by atoms with E-state index in [1.165, 1.54) is 0 Å². The fourth-order valence-electron chi connectivity index (χ4n) is 0.955. The molecule has 0 aliphatic rings. The zero-order valence-electron chi connectivity index (χ0n) is 8.47. The number of aryl methyl sites for hydroxylation is 1. The maximum absolute atomic E-state index is 4.33. The van der Waals surface area contributed by atoms with E-state index in [9.17, 15) is 0 Å². The smallest absolute Gasteiger partial charge is 0.131 e. The molecule has 1 N–H and O–H groups in total. The van der Waals surface area contributed by atoms with Gasteiger partial charge >= 0.3 is 0 Å². The Hall–Kier alpha value is -0.900. The van der Waals surface area contributed by atoms with E-state index in [-0.39, 0.29) is 0 Å². The van der Waals surface area contributed by atoms with E-state index in [1.807, 2.05) is 19.9 Å². The van der Waals surface area contributed by atoms with Gasteiger partial charge in [-0.3, -0.25) is 0 Å². The molecule has 0 aliphatic heterocycles. The van der Waals surface area contributed by atoms with Crippen molar-refractivity contribution in [1.29, 1.82) is 0 Å². The third-order valence-electron chi connectivity index (χ3n) is 1.63. The van der Waals surface area contributed by atoms with Crippen molar-refractivity contribution in [2.75, 3.05) is 11.9 Å². The van der Waals surface area contributed by atoms with Crippen molar-refractivity contribution < 1.29 is 0 Å². The lowest BCUT2D eigenvalue weighted by Crippen LogP contribution is -2.06. The fourth-order valence-corrected chi connectivity index (χ4v) is 1.38. The number of hydrogen-bond acceptors (Lipinski definition) is 3. The quantitative estimate of drug-likeness (QED) is 0.665. The van der Waals surface area contributed by atoms with Crippen LogP contribution >= 0.6 is 15.9 Å². The summed E-state index contributed by atoms with van der Waals surface area (Å²) in [6.45, 7) is 8.57. The van der Waals surface area contributed by atoms with E-state index in [1.54, 1.807) is 0 Å². The monoisotopic (exact) mass is 255 g/mol. The number of nitrogens with one attached hydrogen (secondary N) is 1. The summed E-state index contributed by atoms with van der Waals surface area (Å²) in [5.41, 5.74) is 1.08. The maximum Gasteiger partial charge on any atom is 0.131 e. The second-order valence-corrected chi connectivity index (χ2v) is 3.97. The predicted octanol–water partition coefficient (Wildman–Crippen LogP) is 2.79. The summed E-state index contributed by atoms with van der Waals surface area (Å²) in [7, 11) is 0. The molecular formula is C10H14BrN3. The van der Waals surface area contributed by atoms with Gasteiger partial charge in [0.2, 0.25) is 0 Å². The lowest BCUT2D eigenvalue weighted by atomic mass is 10.3. The topological polar surface area (TPSA) is 37.8 Å². The van der Waals surface area contributed by atoms with E-state index >= 15 is 0 Å². The number of rotatable bonds is 4. The van der Waals surface area contributed by atoms with E-state index < -0.39 is 0 Å². The Morgan fingerprint density at radius 3 is 2.86 bits per heavy atom. The molecule has 0 radical (unpaired) electrons. The van der Waals surface area contributed by atoms with Crippen molar-refractivity contribution >= 4 is 21.7 Å². The first-order valence-corrected chi connectivity index (χ1v) is 5.33. The summed E-state index contributed by atoms with van der Waals surface area (Å²) < 4.78 is 0.813. The first-order valence-electron chi connectivity index (χ1n) is 4.53. The molecule has 0 amide bonds. The van der Waals surface area contributed by atoms with Crippen molar-refractivity contribution in [3.05, 3.63) is 28.6 Å². The molecule has 76 valence electrons. The Bertz CT molecular complexity index is 336. The number of anilines is 1. The number of halogens is 1. The van der Waals surface area contributed by atoms with Gasteiger partial charge in [-0.1, -0.05) is 19.1 Å². The lowest BCUT2D eigenvalue weighted by molar-refractivity contribution is 0.925. The Morgan fingerprint density at radius 2 is 2.29 bits per heavy atom. The molecule has 1 heterocycles. The first-order chi connectivity index (χ1) is 6.61. The zero-order chi connectivity index (χ0) is 10.6. The minimum Gasteiger partial charge on any atom is -0.366 e. The van der Waals surface area contributed by atoms with E-state index in [4.69, 9.17) is 0 Å². The van der Waals surface area contributed by atoms with Crippen LogP contribution in [0.2, 0.25) is 0 Å². The molecule has 1 rings (SSSR count). The van der Waals surface area contributed by atoms with Crippen LogP contribution in [0.4, 0.5) is 5.82 Å². The van der Waals surface area contributed by atoms with Crippen LogP contribution in [0, 0.1) is 0 Å². The van der Waals surface area contributed by atoms with Crippen molar-refractivity contribution in [2.24, 2.45) is 0 Å². The highest BCUT2D eigenvalue weighted by Crippen LogP contribution is 2.12. The van der Waals surface area contributed by atoms with Gasteiger partial charge in [-0.05, 0) is 22.9 Å². The van der Waals surface area contributed by atoms with Crippen LogP contribution in [0.25, 0.3) is 0 Å². The van der Waals surface area contributed by atoms with Crippen molar-refractivity contribution in [3.63, 3.8) is 0 Å². The van der Waals surface area contributed by atoms with Crippen molar-refractivity contribution in [1.82, 2.24) is 9.97 Å². The summed E-state index contributed by atoms with van der Waals surface area (Å²) in [4.78, 5) is 8.55. The number of hydrogen-bond donors (Lipinski definition) is 1. The molecule has 0 atom stereocenters. The standard InChI is InChI=1S/C10H14BrN3/c1-4-9-13-8(11)5-10(14-9)12-6-7(2)3/h5H,2,4,6H2,1,3H3,(H,12,13,14). The third-order valence-corrected chi connectivity index (χ3v) is 2.03. The average molecular weight is 256 g/mol. The molecule has 0 fully saturated rings. The number of aromatic nitrogens is 2. The van der Waals surface area contributed by atoms with E-state index in [0.717, 1.165) is 34.8 Å². The van der Waals surface area contributed by atoms with Crippen LogP contribution < -0.4 is 5.32 Å². The van der Waals surface area contributed by atoms with Crippen LogP contribution in [-0.2, 0) is 6.42 Å². The predicted molar refractivity (Wildman–Crippen MR) is 62.4 cm³/mol. The molecule has 1 aromatic rings. The molecule has 0 aromatic carbocycles. The minimum atomic E-state index is 0.743. The summed E-state index contributed by atoms with van der Waals surface area (Å²) in [5, 5.41) is 3.18. The highest BCUT2D eigenvalue weighted by Gasteiger charge is 2.00. The fraction of sp³-hybridized carbons (Fsp3) is 0.400. The van der Waals surface area contributed by atoms with E-state index in [2.05, 4.69) is 37.8 Å². The minimum absolute atomic E-state index is 0.743. The molecule has 3 nitrogen and oxygen atoms in total. The first kappa shape index (κ1) is 11.2. The van der Waals surface area contributed by atoms with Gasteiger partial charge in [0, 0.05) is 19.0 Å². The number of nitrogens with zero attached hydrogens (tertiary/aromatic N) is 2. The Labute approximate surface area is 92.8 Å². The highest BCUT2D eigenvalue weighted by atomic mass is 79.9. The third kappa shape index (κ3) is 3.46. The maximum atomic E-state index is 4.33. The van der Waals surface area contributed by atoms with Crippen molar-refractivity contribution in [2.45, 2.75) is 20.3 Å².